The second-order valence-corrected chi connectivity index (χ2v) is 6.47. The standard InChI is InChI=1S/C20H20N4O/c1-12-2-4-13(5-3-12)18-19(25)20(23-11-22-18)24-15-7-8-16-14(10-15)6-9-17(16)21/h2-5,7-8,10-11,17,25H,6,9,21H2,1H3,(H,22,23,24). The zero-order valence-electron chi connectivity index (χ0n) is 14.0. The molecule has 0 spiro atoms. The van der Waals surface area contributed by atoms with Crippen molar-refractivity contribution in [3.05, 3.63) is 65.5 Å². The molecule has 1 aliphatic rings. The van der Waals surface area contributed by atoms with Gasteiger partial charge in [0.15, 0.2) is 11.6 Å². The van der Waals surface area contributed by atoms with Crippen LogP contribution in [0.3, 0.4) is 0 Å². The lowest BCUT2D eigenvalue weighted by molar-refractivity contribution is 0.475. The highest BCUT2D eigenvalue weighted by Gasteiger charge is 2.19. The number of aromatic hydroxyl groups is 1. The van der Waals surface area contributed by atoms with Gasteiger partial charge in [0.05, 0.1) is 0 Å². The minimum atomic E-state index is 0.0450. The van der Waals surface area contributed by atoms with Crippen molar-refractivity contribution in [3.63, 3.8) is 0 Å². The molecule has 0 radical (unpaired) electrons. The summed E-state index contributed by atoms with van der Waals surface area (Å²) in [5.41, 5.74) is 12.0. The lowest BCUT2D eigenvalue weighted by Gasteiger charge is -2.12. The van der Waals surface area contributed by atoms with E-state index in [-0.39, 0.29) is 11.8 Å². The minimum Gasteiger partial charge on any atom is -0.503 e. The fourth-order valence-corrected chi connectivity index (χ4v) is 3.26. The number of nitrogens with two attached hydrogens (primary N) is 1. The van der Waals surface area contributed by atoms with Gasteiger partial charge in [-0.25, -0.2) is 9.97 Å². The van der Waals surface area contributed by atoms with Gasteiger partial charge in [-0.1, -0.05) is 35.9 Å². The Morgan fingerprint density at radius 1 is 1.12 bits per heavy atom. The van der Waals surface area contributed by atoms with E-state index in [1.54, 1.807) is 0 Å². The molecule has 1 heterocycles. The highest BCUT2D eigenvalue weighted by molar-refractivity contribution is 5.74. The maximum atomic E-state index is 10.6. The van der Waals surface area contributed by atoms with Crippen LogP contribution in [0.1, 0.15) is 29.2 Å². The Bertz CT molecular complexity index is 921. The van der Waals surface area contributed by atoms with E-state index in [0.29, 0.717) is 11.5 Å². The number of nitrogens with zero attached hydrogens (tertiary/aromatic N) is 2. The Balaban J connectivity index is 1.65. The summed E-state index contributed by atoms with van der Waals surface area (Å²) in [6.07, 6.45) is 3.42. The number of aryl methyl sites for hydroxylation is 2. The third-order valence-corrected chi connectivity index (χ3v) is 4.68. The fraction of sp³-hybridized carbons (Fsp3) is 0.200. The zero-order chi connectivity index (χ0) is 17.4. The first-order valence-corrected chi connectivity index (χ1v) is 8.38. The Labute approximate surface area is 146 Å². The molecule has 5 nitrogen and oxygen atoms in total. The first kappa shape index (κ1) is 15.6. The van der Waals surface area contributed by atoms with Gasteiger partial charge in [-0.15, -0.1) is 0 Å². The van der Waals surface area contributed by atoms with E-state index in [1.165, 1.54) is 17.5 Å². The zero-order valence-corrected chi connectivity index (χ0v) is 14.0. The van der Waals surface area contributed by atoms with E-state index < -0.39 is 0 Å². The SMILES string of the molecule is Cc1ccc(-c2ncnc(Nc3ccc4c(c3)CCC4N)c2O)cc1. The second kappa shape index (κ2) is 6.18. The summed E-state index contributed by atoms with van der Waals surface area (Å²) in [4.78, 5) is 8.42. The maximum absolute atomic E-state index is 10.6. The quantitative estimate of drug-likeness (QED) is 0.678. The lowest BCUT2D eigenvalue weighted by atomic mass is 10.1. The van der Waals surface area contributed by atoms with E-state index in [0.717, 1.165) is 29.7 Å². The predicted molar refractivity (Wildman–Crippen MR) is 98.8 cm³/mol. The van der Waals surface area contributed by atoms with Crippen LogP contribution < -0.4 is 11.1 Å². The smallest absolute Gasteiger partial charge is 0.185 e. The molecule has 126 valence electrons. The van der Waals surface area contributed by atoms with Crippen LogP contribution in [0.4, 0.5) is 11.5 Å². The molecule has 1 unspecified atom stereocenters. The number of hydrogen-bond donors (Lipinski definition) is 3. The highest BCUT2D eigenvalue weighted by Crippen LogP contribution is 2.35. The Hall–Kier alpha value is -2.92. The molecule has 2 aromatic carbocycles. The molecule has 25 heavy (non-hydrogen) atoms. The Kier molecular flexibility index (Phi) is 3.86. The summed E-state index contributed by atoms with van der Waals surface area (Å²) in [5, 5.41) is 13.8. The van der Waals surface area contributed by atoms with E-state index in [2.05, 4.69) is 27.4 Å². The summed E-state index contributed by atoms with van der Waals surface area (Å²) in [6, 6.07) is 14.1. The molecule has 4 N–H and O–H groups in total. The summed E-state index contributed by atoms with van der Waals surface area (Å²) in [5.74, 6) is 0.441. The number of anilines is 2. The average Bonchev–Trinajstić information content (AvgIpc) is 2.98. The largest absolute Gasteiger partial charge is 0.503 e. The molecule has 0 aliphatic heterocycles. The van der Waals surface area contributed by atoms with Gasteiger partial charge in [-0.2, -0.15) is 0 Å². The first-order valence-electron chi connectivity index (χ1n) is 8.38. The van der Waals surface area contributed by atoms with Crippen molar-refractivity contribution in [1.29, 1.82) is 0 Å². The van der Waals surface area contributed by atoms with Crippen molar-refractivity contribution < 1.29 is 5.11 Å². The molecule has 1 aliphatic carbocycles. The maximum Gasteiger partial charge on any atom is 0.185 e. The Morgan fingerprint density at radius 2 is 1.92 bits per heavy atom. The van der Waals surface area contributed by atoms with E-state index in [9.17, 15) is 5.11 Å². The molecule has 0 bridgehead atoms. The minimum absolute atomic E-state index is 0.0450. The van der Waals surface area contributed by atoms with Gasteiger partial charge in [-0.05, 0) is 43.0 Å². The average molecular weight is 332 g/mol. The molecule has 0 saturated heterocycles. The van der Waals surface area contributed by atoms with Crippen molar-refractivity contribution in [2.75, 3.05) is 5.32 Å². The van der Waals surface area contributed by atoms with Crippen LogP contribution in [0.2, 0.25) is 0 Å². The van der Waals surface area contributed by atoms with Crippen LogP contribution >= 0.6 is 0 Å². The third-order valence-electron chi connectivity index (χ3n) is 4.68. The van der Waals surface area contributed by atoms with Crippen LogP contribution in [0.5, 0.6) is 5.75 Å². The first-order chi connectivity index (χ1) is 12.1. The third kappa shape index (κ3) is 2.94. The van der Waals surface area contributed by atoms with Crippen molar-refractivity contribution in [2.24, 2.45) is 5.73 Å². The van der Waals surface area contributed by atoms with Gasteiger partial charge in [0.25, 0.3) is 0 Å². The number of fused-ring (bicyclic) bond motifs is 1. The fourth-order valence-electron chi connectivity index (χ4n) is 3.26. The number of hydrogen-bond acceptors (Lipinski definition) is 5. The monoisotopic (exact) mass is 332 g/mol. The van der Waals surface area contributed by atoms with Crippen molar-refractivity contribution >= 4 is 11.5 Å². The topological polar surface area (TPSA) is 84.1 Å². The Morgan fingerprint density at radius 3 is 2.72 bits per heavy atom. The van der Waals surface area contributed by atoms with Crippen molar-refractivity contribution in [1.82, 2.24) is 9.97 Å². The van der Waals surface area contributed by atoms with Gasteiger partial charge < -0.3 is 16.2 Å². The predicted octanol–water partition coefficient (Wildman–Crippen LogP) is 3.85. The lowest BCUT2D eigenvalue weighted by Crippen LogP contribution is -2.05. The molecule has 1 aromatic heterocycles. The highest BCUT2D eigenvalue weighted by atomic mass is 16.3. The molecule has 4 rings (SSSR count). The molecule has 1 atom stereocenters. The number of aromatic nitrogens is 2. The number of nitrogens with one attached hydrogen (secondary N) is 1. The summed E-state index contributed by atoms with van der Waals surface area (Å²) >= 11 is 0. The molecule has 0 saturated carbocycles. The van der Waals surface area contributed by atoms with Gasteiger partial charge >= 0.3 is 0 Å². The summed E-state index contributed by atoms with van der Waals surface area (Å²) in [6.45, 7) is 2.02. The number of rotatable bonds is 3. The van der Waals surface area contributed by atoms with E-state index >= 15 is 0 Å². The number of benzene rings is 2. The van der Waals surface area contributed by atoms with Crippen LogP contribution in [0.15, 0.2) is 48.8 Å². The van der Waals surface area contributed by atoms with Crippen LogP contribution in [0, 0.1) is 6.92 Å². The van der Waals surface area contributed by atoms with E-state index in [1.807, 2.05) is 37.3 Å². The molecule has 5 heteroatoms. The normalized spacial score (nSPS) is 15.8. The molecular weight excluding hydrogens is 312 g/mol. The van der Waals surface area contributed by atoms with Gasteiger partial charge in [-0.3, -0.25) is 0 Å². The molecular formula is C20H20N4O. The van der Waals surface area contributed by atoms with E-state index in [4.69, 9.17) is 5.73 Å². The molecule has 0 amide bonds. The van der Waals surface area contributed by atoms with Crippen molar-refractivity contribution in [3.8, 4) is 17.0 Å². The van der Waals surface area contributed by atoms with Crippen LogP contribution in [-0.2, 0) is 6.42 Å². The van der Waals surface area contributed by atoms with Crippen LogP contribution in [-0.4, -0.2) is 15.1 Å². The van der Waals surface area contributed by atoms with Gasteiger partial charge in [0, 0.05) is 17.3 Å². The van der Waals surface area contributed by atoms with Crippen molar-refractivity contribution in [2.45, 2.75) is 25.8 Å². The summed E-state index contributed by atoms with van der Waals surface area (Å²) in [7, 11) is 0. The molecule has 0 fully saturated rings. The molecule has 3 aromatic rings. The summed E-state index contributed by atoms with van der Waals surface area (Å²) < 4.78 is 0. The van der Waals surface area contributed by atoms with Gasteiger partial charge in [0.2, 0.25) is 0 Å². The van der Waals surface area contributed by atoms with Crippen LogP contribution in [0.25, 0.3) is 11.3 Å². The second-order valence-electron chi connectivity index (χ2n) is 6.47. The van der Waals surface area contributed by atoms with Gasteiger partial charge in [0.1, 0.15) is 12.0 Å².